The summed E-state index contributed by atoms with van der Waals surface area (Å²) in [5.74, 6) is 1.14. The van der Waals surface area contributed by atoms with Crippen LogP contribution < -0.4 is 5.32 Å². The van der Waals surface area contributed by atoms with Crippen molar-refractivity contribution in [1.82, 2.24) is 15.1 Å². The Balaban J connectivity index is 1.87. The molecule has 0 amide bonds. The Morgan fingerprint density at radius 1 is 1.50 bits per heavy atom. The molecule has 1 fully saturated rings. The van der Waals surface area contributed by atoms with Crippen molar-refractivity contribution in [3.63, 3.8) is 0 Å². The smallest absolute Gasteiger partial charge is 0.157 e. The third-order valence-electron chi connectivity index (χ3n) is 3.76. The highest BCUT2D eigenvalue weighted by atomic mass is 32.2. The monoisotopic (exact) mass is 266 g/mol. The normalized spacial score (nSPS) is 20.3. The fraction of sp³-hybridized carbons (Fsp3) is 0.692. The number of nitrogens with one attached hydrogen (secondary N) is 1. The van der Waals surface area contributed by atoms with Gasteiger partial charge in [0.2, 0.25) is 0 Å². The molecule has 0 aromatic carbocycles. The molecule has 0 radical (unpaired) electrons. The molecule has 1 aromatic heterocycles. The maximum atomic E-state index is 4.66. The lowest BCUT2D eigenvalue weighted by atomic mass is 9.96. The van der Waals surface area contributed by atoms with Crippen LogP contribution in [0.3, 0.4) is 0 Å². The highest BCUT2D eigenvalue weighted by Gasteiger charge is 2.33. The summed E-state index contributed by atoms with van der Waals surface area (Å²) in [7, 11) is 1.98. The topological polar surface area (TPSA) is 42.2 Å². The zero-order valence-electron chi connectivity index (χ0n) is 11.4. The van der Waals surface area contributed by atoms with Crippen molar-refractivity contribution in [3.05, 3.63) is 18.0 Å². The third kappa shape index (κ3) is 2.88. The molecule has 0 spiro atoms. The van der Waals surface area contributed by atoms with Crippen molar-refractivity contribution in [2.45, 2.75) is 38.6 Å². The molecule has 1 saturated heterocycles. The summed E-state index contributed by atoms with van der Waals surface area (Å²) >= 11 is 1.86. The first-order chi connectivity index (χ1) is 8.69. The lowest BCUT2D eigenvalue weighted by Gasteiger charge is -2.25. The summed E-state index contributed by atoms with van der Waals surface area (Å²) < 4.78 is 1.91. The second-order valence-corrected chi connectivity index (χ2v) is 5.75. The first kappa shape index (κ1) is 13.5. The Morgan fingerprint density at radius 2 is 2.28 bits per heavy atom. The van der Waals surface area contributed by atoms with E-state index in [2.05, 4.69) is 35.3 Å². The minimum absolute atomic E-state index is 0.274. The van der Waals surface area contributed by atoms with E-state index in [4.69, 9.17) is 0 Å². The molecule has 2 heterocycles. The van der Waals surface area contributed by atoms with Crippen LogP contribution in [0.4, 0.5) is 0 Å². The van der Waals surface area contributed by atoms with Gasteiger partial charge in [0.05, 0.1) is 0 Å². The number of amidine groups is 1. The number of hydrogen-bond acceptors (Lipinski definition) is 3. The van der Waals surface area contributed by atoms with Gasteiger partial charge in [0.25, 0.3) is 0 Å². The van der Waals surface area contributed by atoms with E-state index in [1.165, 1.54) is 5.69 Å². The maximum absolute atomic E-state index is 4.66. The van der Waals surface area contributed by atoms with E-state index in [0.29, 0.717) is 0 Å². The van der Waals surface area contributed by atoms with Gasteiger partial charge in [-0.1, -0.05) is 25.6 Å². The summed E-state index contributed by atoms with van der Waals surface area (Å²) in [4.78, 5) is 4.66. The van der Waals surface area contributed by atoms with E-state index in [1.807, 2.05) is 29.7 Å². The first-order valence-corrected chi connectivity index (χ1v) is 7.60. The highest BCUT2D eigenvalue weighted by molar-refractivity contribution is 8.14. The third-order valence-corrected chi connectivity index (χ3v) is 4.96. The van der Waals surface area contributed by atoms with Crippen LogP contribution in [0.25, 0.3) is 0 Å². The molecule has 0 bridgehead atoms. The Kier molecular flexibility index (Phi) is 4.32. The summed E-state index contributed by atoms with van der Waals surface area (Å²) in [6.45, 7) is 5.32. The fourth-order valence-electron chi connectivity index (χ4n) is 2.14. The molecule has 0 aliphatic carbocycles. The standard InChI is InChI=1S/C13H22N4S/c1-4-13(5-2)10-18-12(16-13)14-8-6-11-7-9-15-17(11)3/h7,9H,4-6,8,10H2,1-3H3,(H,14,16). The van der Waals surface area contributed by atoms with E-state index in [-0.39, 0.29) is 5.54 Å². The molecule has 0 saturated carbocycles. The number of nitrogens with zero attached hydrogens (tertiary/aromatic N) is 3. The van der Waals surface area contributed by atoms with Crippen molar-refractivity contribution >= 4 is 16.9 Å². The van der Waals surface area contributed by atoms with Gasteiger partial charge in [-0.3, -0.25) is 9.67 Å². The van der Waals surface area contributed by atoms with Gasteiger partial charge in [-0.2, -0.15) is 5.10 Å². The molecule has 5 heteroatoms. The van der Waals surface area contributed by atoms with Crippen LogP contribution in [0.5, 0.6) is 0 Å². The van der Waals surface area contributed by atoms with Crippen molar-refractivity contribution in [2.75, 3.05) is 12.3 Å². The van der Waals surface area contributed by atoms with Crippen LogP contribution in [0.2, 0.25) is 0 Å². The largest absolute Gasteiger partial charge is 0.359 e. The molecule has 0 atom stereocenters. The lowest BCUT2D eigenvalue weighted by Crippen LogP contribution is -2.42. The van der Waals surface area contributed by atoms with E-state index >= 15 is 0 Å². The van der Waals surface area contributed by atoms with Crippen molar-refractivity contribution < 1.29 is 0 Å². The average molecular weight is 266 g/mol. The van der Waals surface area contributed by atoms with Crippen molar-refractivity contribution in [2.24, 2.45) is 12.0 Å². The summed E-state index contributed by atoms with van der Waals surface area (Å²) in [5, 5.41) is 8.86. The molecule has 1 N–H and O–H groups in total. The van der Waals surface area contributed by atoms with Crippen molar-refractivity contribution in [1.29, 1.82) is 0 Å². The van der Waals surface area contributed by atoms with Gasteiger partial charge in [-0.15, -0.1) is 0 Å². The molecular formula is C13H22N4S. The van der Waals surface area contributed by atoms with Crippen LogP contribution in [-0.2, 0) is 13.5 Å². The zero-order valence-corrected chi connectivity index (χ0v) is 12.3. The summed E-state index contributed by atoms with van der Waals surface area (Å²) in [5.41, 5.74) is 1.51. The van der Waals surface area contributed by atoms with E-state index in [9.17, 15) is 0 Å². The number of aromatic nitrogens is 2. The van der Waals surface area contributed by atoms with Gasteiger partial charge in [-0.25, -0.2) is 0 Å². The van der Waals surface area contributed by atoms with Crippen molar-refractivity contribution in [3.8, 4) is 0 Å². The summed E-state index contributed by atoms with van der Waals surface area (Å²) in [6, 6.07) is 2.05. The minimum Gasteiger partial charge on any atom is -0.359 e. The predicted octanol–water partition coefficient (Wildman–Crippen LogP) is 2.21. The molecule has 2 rings (SSSR count). The minimum atomic E-state index is 0.274. The molecule has 1 aliphatic heterocycles. The van der Waals surface area contributed by atoms with E-state index in [1.54, 1.807) is 0 Å². The molecule has 4 nitrogen and oxygen atoms in total. The zero-order chi connectivity index (χ0) is 13.0. The van der Waals surface area contributed by atoms with E-state index in [0.717, 1.165) is 36.7 Å². The highest BCUT2D eigenvalue weighted by Crippen LogP contribution is 2.28. The van der Waals surface area contributed by atoms with Gasteiger partial charge in [0.1, 0.15) is 0 Å². The Hall–Kier alpha value is -0.970. The molecule has 1 aromatic rings. The van der Waals surface area contributed by atoms with Crippen LogP contribution in [0.15, 0.2) is 17.3 Å². The molecule has 0 unspecified atom stereocenters. The molecule has 100 valence electrons. The number of aryl methyl sites for hydroxylation is 1. The Bertz CT molecular complexity index is 420. The van der Waals surface area contributed by atoms with Crippen LogP contribution >= 0.6 is 11.8 Å². The predicted molar refractivity (Wildman–Crippen MR) is 78.1 cm³/mol. The van der Waals surface area contributed by atoms with Gasteiger partial charge in [-0.05, 0) is 18.9 Å². The second kappa shape index (κ2) is 5.78. The maximum Gasteiger partial charge on any atom is 0.157 e. The number of thioether (sulfide) groups is 1. The van der Waals surface area contributed by atoms with Crippen LogP contribution in [-0.4, -0.2) is 32.8 Å². The molecule has 18 heavy (non-hydrogen) atoms. The number of hydrogen-bond donors (Lipinski definition) is 1. The number of aliphatic imine (C=N–C) groups is 1. The van der Waals surface area contributed by atoms with Gasteiger partial charge in [0, 0.05) is 43.2 Å². The Labute approximate surface area is 113 Å². The quantitative estimate of drug-likeness (QED) is 0.888. The second-order valence-electron chi connectivity index (χ2n) is 4.78. The lowest BCUT2D eigenvalue weighted by molar-refractivity contribution is 0.407. The van der Waals surface area contributed by atoms with Gasteiger partial charge in [0.15, 0.2) is 5.17 Å². The SMILES string of the molecule is CCC1(CC)CSC(=NCCc2ccnn2C)N1. The summed E-state index contributed by atoms with van der Waals surface area (Å²) in [6.07, 6.45) is 5.12. The fourth-order valence-corrected chi connectivity index (χ4v) is 3.50. The van der Waals surface area contributed by atoms with Crippen LogP contribution in [0.1, 0.15) is 32.4 Å². The molecule has 1 aliphatic rings. The first-order valence-electron chi connectivity index (χ1n) is 6.61. The Morgan fingerprint density at radius 3 is 2.83 bits per heavy atom. The van der Waals surface area contributed by atoms with Gasteiger partial charge >= 0.3 is 0 Å². The van der Waals surface area contributed by atoms with Gasteiger partial charge < -0.3 is 5.32 Å². The molecular weight excluding hydrogens is 244 g/mol. The van der Waals surface area contributed by atoms with Crippen LogP contribution in [0, 0.1) is 0 Å². The average Bonchev–Trinajstić information content (AvgIpc) is 2.98. The number of rotatable bonds is 5. The van der Waals surface area contributed by atoms with E-state index < -0.39 is 0 Å².